The van der Waals surface area contributed by atoms with Crippen LogP contribution in [-0.4, -0.2) is 12.2 Å². The van der Waals surface area contributed by atoms with E-state index in [-0.39, 0.29) is 6.10 Å². The van der Waals surface area contributed by atoms with E-state index in [1.54, 1.807) is 12.5 Å². The van der Waals surface area contributed by atoms with Gasteiger partial charge in [0.1, 0.15) is 0 Å². The lowest BCUT2D eigenvalue weighted by molar-refractivity contribution is -0.0362. The van der Waals surface area contributed by atoms with Crippen molar-refractivity contribution in [1.29, 1.82) is 0 Å². The normalized spacial score (nSPS) is 16.2. The lowest BCUT2D eigenvalue weighted by atomic mass is 9.83. The van der Waals surface area contributed by atoms with E-state index in [0.717, 1.165) is 32.1 Å². The van der Waals surface area contributed by atoms with Gasteiger partial charge < -0.3 is 13.9 Å². The monoisotopic (exact) mass is 598 g/mol. The highest BCUT2D eigenvalue weighted by atomic mass is 16.5. The second-order valence-corrected chi connectivity index (χ2v) is 13.7. The molecule has 0 aliphatic heterocycles. The topological polar surface area (TPSA) is 31.6 Å². The molecule has 0 saturated carbocycles. The summed E-state index contributed by atoms with van der Waals surface area (Å²) in [5, 5.41) is 5.49. The molecule has 240 valence electrons. The molecule has 0 N–H and O–H groups in total. The van der Waals surface area contributed by atoms with E-state index in [1.807, 2.05) is 12.1 Å². The average molecular weight is 599 g/mol. The zero-order chi connectivity index (χ0) is 31.3. The molecule has 3 unspecified atom stereocenters. The van der Waals surface area contributed by atoms with Crippen LogP contribution < -0.4 is 0 Å². The summed E-state index contributed by atoms with van der Waals surface area (Å²) < 4.78 is 18.3. The number of rotatable bonds is 15. The summed E-state index contributed by atoms with van der Waals surface area (Å²) in [4.78, 5) is 0. The molecule has 0 spiro atoms. The number of benzene rings is 3. The van der Waals surface area contributed by atoms with E-state index in [2.05, 4.69) is 88.4 Å². The smallest absolute Gasteiger partial charge is 0.0902 e. The Morgan fingerprint density at radius 1 is 0.795 bits per heavy atom. The van der Waals surface area contributed by atoms with E-state index >= 15 is 0 Å². The third-order valence-electron chi connectivity index (χ3n) is 8.98. The van der Waals surface area contributed by atoms with Crippen molar-refractivity contribution in [3.05, 3.63) is 83.8 Å². The zero-order valence-corrected chi connectivity index (χ0v) is 28.4. The number of hydrogen-bond acceptors (Lipinski definition) is 3. The summed E-state index contributed by atoms with van der Waals surface area (Å²) in [5.41, 5.74) is 4.30. The molecule has 0 amide bonds. The predicted molar refractivity (Wildman–Crippen MR) is 187 cm³/mol. The first-order chi connectivity index (χ1) is 21.4. The number of aryl methyl sites for hydroxylation is 1. The summed E-state index contributed by atoms with van der Waals surface area (Å²) in [5.74, 6) is 1.31. The van der Waals surface area contributed by atoms with Gasteiger partial charge in [0.05, 0.1) is 37.4 Å². The van der Waals surface area contributed by atoms with Crippen molar-refractivity contribution in [2.24, 2.45) is 11.8 Å². The highest BCUT2D eigenvalue weighted by Crippen LogP contribution is 2.42. The van der Waals surface area contributed by atoms with Gasteiger partial charge in [-0.25, -0.2) is 0 Å². The molecule has 3 nitrogen and oxygen atoms in total. The van der Waals surface area contributed by atoms with Crippen molar-refractivity contribution in [3.8, 4) is 0 Å². The molecule has 1 aliphatic carbocycles. The first-order valence-electron chi connectivity index (χ1n) is 17.6. The Kier molecular flexibility index (Phi) is 13.8. The Balaban J connectivity index is 0.000000802. The molecule has 44 heavy (non-hydrogen) atoms. The first-order valence-corrected chi connectivity index (χ1v) is 17.6. The number of furan rings is 1. The molecule has 4 aromatic rings. The van der Waals surface area contributed by atoms with E-state index < -0.39 is 0 Å². The quantitative estimate of drug-likeness (QED) is 0.128. The van der Waals surface area contributed by atoms with Crippen LogP contribution in [0.2, 0.25) is 0 Å². The van der Waals surface area contributed by atoms with Gasteiger partial charge in [0, 0.05) is 0 Å². The SMILES string of the molecule is CCCCC(CC(C)C)OCc1cc2ccccc2c2ccc3c(c12)CCCC3OC(CCCC)CC(C)C.c1ccoc1. The molecular weight excluding hydrogens is 540 g/mol. The van der Waals surface area contributed by atoms with Crippen LogP contribution in [0.5, 0.6) is 0 Å². The number of hydrogen-bond donors (Lipinski definition) is 0. The van der Waals surface area contributed by atoms with Gasteiger partial charge in [0.25, 0.3) is 0 Å². The highest BCUT2D eigenvalue weighted by Gasteiger charge is 2.27. The van der Waals surface area contributed by atoms with Crippen molar-refractivity contribution in [3.63, 3.8) is 0 Å². The summed E-state index contributed by atoms with van der Waals surface area (Å²) in [6.07, 6.45) is 17.1. The second-order valence-electron chi connectivity index (χ2n) is 13.7. The highest BCUT2D eigenvalue weighted by molar-refractivity contribution is 6.10. The van der Waals surface area contributed by atoms with Crippen molar-refractivity contribution < 1.29 is 13.9 Å². The molecule has 0 radical (unpaired) electrons. The van der Waals surface area contributed by atoms with Gasteiger partial charge >= 0.3 is 0 Å². The largest absolute Gasteiger partial charge is 0.473 e. The van der Waals surface area contributed by atoms with E-state index in [9.17, 15) is 0 Å². The summed E-state index contributed by atoms with van der Waals surface area (Å²) >= 11 is 0. The molecular formula is C41H58O3. The molecule has 1 heterocycles. The van der Waals surface area contributed by atoms with E-state index in [1.165, 1.54) is 76.8 Å². The van der Waals surface area contributed by atoms with Gasteiger partial charge in [-0.15, -0.1) is 0 Å². The van der Waals surface area contributed by atoms with Crippen molar-refractivity contribution in [2.45, 2.75) is 137 Å². The summed E-state index contributed by atoms with van der Waals surface area (Å²) in [6.45, 7) is 14.5. The van der Waals surface area contributed by atoms with Crippen LogP contribution in [0.1, 0.15) is 129 Å². The van der Waals surface area contributed by atoms with Gasteiger partial charge in [-0.05, 0) is 113 Å². The van der Waals surface area contributed by atoms with Crippen LogP contribution in [0.4, 0.5) is 0 Å². The Morgan fingerprint density at radius 3 is 2.14 bits per heavy atom. The van der Waals surface area contributed by atoms with Crippen LogP contribution in [0.25, 0.3) is 21.5 Å². The third-order valence-corrected chi connectivity index (χ3v) is 8.98. The van der Waals surface area contributed by atoms with Crippen LogP contribution in [0.3, 0.4) is 0 Å². The lowest BCUT2D eigenvalue weighted by Crippen LogP contribution is -2.22. The molecule has 1 aliphatic rings. The predicted octanol–water partition coefficient (Wildman–Crippen LogP) is 12.4. The van der Waals surface area contributed by atoms with Gasteiger partial charge in [-0.1, -0.05) is 104 Å². The van der Waals surface area contributed by atoms with Crippen LogP contribution >= 0.6 is 0 Å². The maximum atomic E-state index is 6.96. The summed E-state index contributed by atoms with van der Waals surface area (Å²) in [7, 11) is 0. The fraction of sp³-hybridized carbons (Fsp3) is 0.561. The molecule has 0 saturated heterocycles. The van der Waals surface area contributed by atoms with E-state index in [4.69, 9.17) is 9.47 Å². The molecule has 0 bridgehead atoms. The Morgan fingerprint density at radius 2 is 1.48 bits per heavy atom. The number of ether oxygens (including phenoxy) is 2. The minimum absolute atomic E-state index is 0.206. The van der Waals surface area contributed by atoms with Crippen molar-refractivity contribution in [1.82, 2.24) is 0 Å². The molecule has 3 aromatic carbocycles. The third kappa shape index (κ3) is 9.69. The lowest BCUT2D eigenvalue weighted by Gasteiger charge is -2.32. The fourth-order valence-electron chi connectivity index (χ4n) is 6.92. The van der Waals surface area contributed by atoms with Gasteiger partial charge in [0.2, 0.25) is 0 Å². The van der Waals surface area contributed by atoms with E-state index in [0.29, 0.717) is 30.7 Å². The number of fused-ring (bicyclic) bond motifs is 5. The summed E-state index contributed by atoms with van der Waals surface area (Å²) in [6, 6.07) is 19.7. The van der Waals surface area contributed by atoms with Gasteiger partial charge in [-0.3, -0.25) is 0 Å². The van der Waals surface area contributed by atoms with Gasteiger partial charge in [0.15, 0.2) is 0 Å². The molecule has 3 atom stereocenters. The van der Waals surface area contributed by atoms with Crippen molar-refractivity contribution >= 4 is 21.5 Å². The Labute approximate surface area is 267 Å². The second kappa shape index (κ2) is 17.8. The molecule has 0 fully saturated rings. The van der Waals surface area contributed by atoms with Crippen molar-refractivity contribution in [2.75, 3.05) is 0 Å². The Hall–Kier alpha value is -2.62. The number of unbranched alkanes of at least 4 members (excludes halogenated alkanes) is 2. The minimum Gasteiger partial charge on any atom is -0.473 e. The molecule has 1 aromatic heterocycles. The van der Waals surface area contributed by atoms with Gasteiger partial charge in [-0.2, -0.15) is 0 Å². The maximum absolute atomic E-state index is 6.96. The van der Waals surface area contributed by atoms with Crippen LogP contribution in [0, 0.1) is 11.8 Å². The van der Waals surface area contributed by atoms with Crippen LogP contribution in [0.15, 0.2) is 71.5 Å². The van der Waals surface area contributed by atoms with Crippen LogP contribution in [-0.2, 0) is 22.5 Å². The first kappa shape index (κ1) is 34.3. The standard InChI is InChI=1S/C37H54O2.C4H4O/c1-7-9-15-30(22-26(3)4)38-25-29-24-28-14-11-12-17-32(28)35-21-20-33-34(37(29)35)18-13-19-36(33)39-31(16-10-8-2)23-27(5)6;1-2-4-5-3-1/h11-12,14,17,20-21,24,26-27,30-31,36H,7-10,13,15-16,18-19,22-23,25H2,1-6H3;1-4H. The fourth-order valence-corrected chi connectivity index (χ4v) is 6.92. The average Bonchev–Trinajstić information content (AvgIpc) is 3.61. The Bertz CT molecular complexity index is 1350. The molecule has 3 heteroatoms. The minimum atomic E-state index is 0.206. The zero-order valence-electron chi connectivity index (χ0n) is 28.4. The maximum Gasteiger partial charge on any atom is 0.0902 e. The molecule has 5 rings (SSSR count).